The number of carbonyl (C=O) groups excluding carboxylic acids is 1. The van der Waals surface area contributed by atoms with E-state index < -0.39 is 5.41 Å². The van der Waals surface area contributed by atoms with E-state index in [1.54, 1.807) is 7.11 Å². The molecule has 3 heteroatoms. The molecule has 0 amide bonds. The Hall–Kier alpha value is -2.42. The number of carbonyl (C=O) groups is 1. The number of ketones is 1. The van der Waals surface area contributed by atoms with Crippen molar-refractivity contribution in [2.75, 3.05) is 7.11 Å². The van der Waals surface area contributed by atoms with Crippen LogP contribution in [0.1, 0.15) is 34.5 Å². The van der Waals surface area contributed by atoms with Crippen molar-refractivity contribution in [3.63, 3.8) is 0 Å². The van der Waals surface area contributed by atoms with Crippen LogP contribution in [-0.2, 0) is 5.41 Å². The van der Waals surface area contributed by atoms with Gasteiger partial charge < -0.3 is 4.74 Å². The molecule has 1 aliphatic heterocycles. The normalized spacial score (nSPS) is 28.5. The lowest BCUT2D eigenvalue weighted by Crippen LogP contribution is -2.39. The first-order valence-electron chi connectivity index (χ1n) is 7.51. The molecule has 0 bridgehead atoms. The standard InChI is InChI=1S/C19H17NO2/c1-12-11-20-17-15-5-3-4-6-16(15)18(21)19(12,17)13-7-9-14(22-2)10-8-13/h3-12,17H,1-2H3. The summed E-state index contributed by atoms with van der Waals surface area (Å²) in [5.74, 6) is 1.06. The van der Waals surface area contributed by atoms with E-state index in [-0.39, 0.29) is 17.7 Å². The van der Waals surface area contributed by atoms with Crippen molar-refractivity contribution < 1.29 is 9.53 Å². The second-order valence-electron chi connectivity index (χ2n) is 6.00. The molecule has 2 aromatic rings. The molecule has 1 aliphatic carbocycles. The van der Waals surface area contributed by atoms with E-state index in [0.717, 1.165) is 22.4 Å². The zero-order valence-corrected chi connectivity index (χ0v) is 12.6. The molecule has 3 atom stereocenters. The number of aliphatic imine (C=N–C) groups is 1. The average Bonchev–Trinajstić information content (AvgIpc) is 3.04. The summed E-state index contributed by atoms with van der Waals surface area (Å²) in [5.41, 5.74) is 2.27. The van der Waals surface area contributed by atoms with Crippen molar-refractivity contribution >= 4 is 12.0 Å². The number of hydrogen-bond acceptors (Lipinski definition) is 3. The first-order chi connectivity index (χ1) is 10.7. The summed E-state index contributed by atoms with van der Waals surface area (Å²) in [6.45, 7) is 2.08. The lowest BCUT2D eigenvalue weighted by molar-refractivity contribution is 0.0868. The maximum atomic E-state index is 13.3. The highest BCUT2D eigenvalue weighted by molar-refractivity contribution is 6.12. The van der Waals surface area contributed by atoms with Crippen molar-refractivity contribution in [1.82, 2.24) is 0 Å². The molecule has 2 aliphatic rings. The van der Waals surface area contributed by atoms with Gasteiger partial charge in [-0.05, 0) is 23.3 Å². The van der Waals surface area contributed by atoms with Crippen LogP contribution in [0.5, 0.6) is 5.75 Å². The van der Waals surface area contributed by atoms with Crippen molar-refractivity contribution in [3.8, 4) is 5.75 Å². The van der Waals surface area contributed by atoms with Gasteiger partial charge in [-0.3, -0.25) is 9.79 Å². The number of nitrogens with zero attached hydrogens (tertiary/aromatic N) is 1. The van der Waals surface area contributed by atoms with Gasteiger partial charge in [-0.1, -0.05) is 43.3 Å². The molecule has 3 nitrogen and oxygen atoms in total. The van der Waals surface area contributed by atoms with Crippen LogP contribution in [0.3, 0.4) is 0 Å². The molecule has 2 aromatic carbocycles. The van der Waals surface area contributed by atoms with Crippen LogP contribution in [0.2, 0.25) is 0 Å². The van der Waals surface area contributed by atoms with Crippen LogP contribution < -0.4 is 4.74 Å². The smallest absolute Gasteiger partial charge is 0.176 e. The van der Waals surface area contributed by atoms with Crippen molar-refractivity contribution in [2.45, 2.75) is 18.4 Å². The van der Waals surface area contributed by atoms with E-state index in [1.807, 2.05) is 54.7 Å². The van der Waals surface area contributed by atoms with Gasteiger partial charge in [0.2, 0.25) is 0 Å². The molecule has 110 valence electrons. The molecule has 0 spiro atoms. The number of ether oxygens (including phenoxy) is 1. The van der Waals surface area contributed by atoms with E-state index in [9.17, 15) is 4.79 Å². The molecule has 0 radical (unpaired) electrons. The second-order valence-corrected chi connectivity index (χ2v) is 6.00. The molecule has 0 fully saturated rings. The fourth-order valence-corrected chi connectivity index (χ4v) is 3.94. The summed E-state index contributed by atoms with van der Waals surface area (Å²) in [6, 6.07) is 15.6. The SMILES string of the molecule is COc1ccc(C23C(=O)c4ccccc4C2N=CC3C)cc1. The molecule has 0 saturated heterocycles. The number of methoxy groups -OCH3 is 1. The third-order valence-corrected chi connectivity index (χ3v) is 5.05. The predicted molar refractivity (Wildman–Crippen MR) is 85.8 cm³/mol. The second kappa shape index (κ2) is 4.54. The van der Waals surface area contributed by atoms with Crippen molar-refractivity contribution in [2.24, 2.45) is 10.9 Å². The predicted octanol–water partition coefficient (Wildman–Crippen LogP) is 3.59. The summed E-state index contributed by atoms with van der Waals surface area (Å²) >= 11 is 0. The van der Waals surface area contributed by atoms with Gasteiger partial charge in [-0.2, -0.15) is 0 Å². The Labute approximate surface area is 129 Å². The lowest BCUT2D eigenvalue weighted by Gasteiger charge is -2.32. The lowest BCUT2D eigenvalue weighted by atomic mass is 9.68. The number of benzene rings is 2. The van der Waals surface area contributed by atoms with Gasteiger partial charge in [0.05, 0.1) is 18.6 Å². The molecule has 3 unspecified atom stereocenters. The highest BCUT2D eigenvalue weighted by atomic mass is 16.5. The quantitative estimate of drug-likeness (QED) is 0.848. The number of fused-ring (bicyclic) bond motifs is 3. The van der Waals surface area contributed by atoms with Crippen molar-refractivity contribution in [1.29, 1.82) is 0 Å². The Morgan fingerprint density at radius 2 is 1.82 bits per heavy atom. The maximum Gasteiger partial charge on any atom is 0.176 e. The Morgan fingerprint density at radius 1 is 1.09 bits per heavy atom. The first-order valence-corrected chi connectivity index (χ1v) is 7.51. The minimum atomic E-state index is -0.601. The highest BCUT2D eigenvalue weighted by Gasteiger charge is 2.59. The highest BCUT2D eigenvalue weighted by Crippen LogP contribution is 2.56. The molecular weight excluding hydrogens is 274 g/mol. The fourth-order valence-electron chi connectivity index (χ4n) is 3.94. The van der Waals surface area contributed by atoms with Crippen LogP contribution in [0.4, 0.5) is 0 Å². The summed E-state index contributed by atoms with van der Waals surface area (Å²) in [6.07, 6.45) is 1.93. The number of hydrogen-bond donors (Lipinski definition) is 0. The third-order valence-electron chi connectivity index (χ3n) is 5.05. The Balaban J connectivity index is 1.93. The molecule has 4 rings (SSSR count). The molecule has 1 heterocycles. The van der Waals surface area contributed by atoms with E-state index in [0.29, 0.717) is 0 Å². The van der Waals surface area contributed by atoms with Gasteiger partial charge in [0.25, 0.3) is 0 Å². The van der Waals surface area contributed by atoms with Gasteiger partial charge in [-0.15, -0.1) is 0 Å². The zero-order valence-electron chi connectivity index (χ0n) is 12.6. The Morgan fingerprint density at radius 3 is 2.55 bits per heavy atom. The van der Waals surface area contributed by atoms with E-state index >= 15 is 0 Å². The van der Waals surface area contributed by atoms with Gasteiger partial charge in [-0.25, -0.2) is 0 Å². The molecule has 22 heavy (non-hydrogen) atoms. The van der Waals surface area contributed by atoms with E-state index in [1.165, 1.54) is 0 Å². The average molecular weight is 291 g/mol. The van der Waals surface area contributed by atoms with Crippen LogP contribution in [-0.4, -0.2) is 19.1 Å². The molecule has 0 N–H and O–H groups in total. The summed E-state index contributed by atoms with van der Waals surface area (Å²) in [5, 5.41) is 0. The monoisotopic (exact) mass is 291 g/mol. The van der Waals surface area contributed by atoms with Crippen LogP contribution in [0.25, 0.3) is 0 Å². The van der Waals surface area contributed by atoms with Gasteiger partial charge >= 0.3 is 0 Å². The topological polar surface area (TPSA) is 38.7 Å². The van der Waals surface area contributed by atoms with Crippen LogP contribution in [0.15, 0.2) is 53.5 Å². The maximum absolute atomic E-state index is 13.3. The third kappa shape index (κ3) is 1.46. The van der Waals surface area contributed by atoms with Crippen molar-refractivity contribution in [3.05, 3.63) is 65.2 Å². The van der Waals surface area contributed by atoms with E-state index in [4.69, 9.17) is 4.74 Å². The molecule has 0 aromatic heterocycles. The van der Waals surface area contributed by atoms with Gasteiger partial charge in [0, 0.05) is 17.7 Å². The number of rotatable bonds is 2. The Kier molecular flexibility index (Phi) is 2.73. The van der Waals surface area contributed by atoms with Gasteiger partial charge in [0.15, 0.2) is 5.78 Å². The first kappa shape index (κ1) is 13.3. The minimum Gasteiger partial charge on any atom is -0.497 e. The minimum absolute atomic E-state index is 0.0748. The Bertz CT molecular complexity index is 778. The summed E-state index contributed by atoms with van der Waals surface area (Å²) < 4.78 is 5.24. The molecular formula is C19H17NO2. The van der Waals surface area contributed by atoms with E-state index in [2.05, 4.69) is 11.9 Å². The number of Topliss-reactive ketones (excluding diaryl/α,β-unsaturated/α-hetero) is 1. The summed E-state index contributed by atoms with van der Waals surface area (Å²) in [7, 11) is 1.65. The largest absolute Gasteiger partial charge is 0.497 e. The van der Waals surface area contributed by atoms with Gasteiger partial charge in [0.1, 0.15) is 5.75 Å². The van der Waals surface area contributed by atoms with Crippen LogP contribution >= 0.6 is 0 Å². The molecule has 0 saturated carbocycles. The fraction of sp³-hybridized carbons (Fsp3) is 0.263. The summed E-state index contributed by atoms with van der Waals surface area (Å²) in [4.78, 5) is 17.9. The van der Waals surface area contributed by atoms with Crippen LogP contribution in [0, 0.1) is 5.92 Å². The zero-order chi connectivity index (χ0) is 15.3.